The number of nitrogens with zero attached hydrogens (tertiary/aromatic N) is 2. The third-order valence-corrected chi connectivity index (χ3v) is 5.76. The Hall–Kier alpha value is -0.730. The van der Waals surface area contributed by atoms with E-state index in [1.807, 2.05) is 18.2 Å². The van der Waals surface area contributed by atoms with Crippen LogP contribution in [0.4, 0.5) is 0 Å². The molecule has 1 heterocycles. The molecule has 106 valence electrons. The minimum atomic E-state index is 0.450. The molecular formula is C16H18Cl2N2. The van der Waals surface area contributed by atoms with Gasteiger partial charge in [0.2, 0.25) is 0 Å². The van der Waals surface area contributed by atoms with Crippen molar-refractivity contribution < 1.29 is 0 Å². The smallest absolute Gasteiger partial charge is 0.124 e. The van der Waals surface area contributed by atoms with Crippen molar-refractivity contribution in [2.24, 2.45) is 17.8 Å². The molecule has 0 aliphatic heterocycles. The van der Waals surface area contributed by atoms with Crippen LogP contribution in [-0.2, 0) is 12.4 Å². The summed E-state index contributed by atoms with van der Waals surface area (Å²) >= 11 is 12.5. The molecule has 20 heavy (non-hydrogen) atoms. The molecule has 2 nitrogen and oxygen atoms in total. The van der Waals surface area contributed by atoms with E-state index in [0.717, 1.165) is 46.2 Å². The molecule has 1 aromatic carbocycles. The lowest BCUT2D eigenvalue weighted by Gasteiger charge is -2.23. The number of aromatic nitrogens is 2. The van der Waals surface area contributed by atoms with Crippen LogP contribution in [0.25, 0.3) is 11.0 Å². The van der Waals surface area contributed by atoms with Gasteiger partial charge in [0.05, 0.1) is 21.9 Å². The number of para-hydroxylation sites is 1. The molecule has 2 aromatic rings. The maximum Gasteiger partial charge on any atom is 0.124 e. The molecular weight excluding hydrogens is 291 g/mol. The number of imidazole rings is 1. The summed E-state index contributed by atoms with van der Waals surface area (Å²) in [5.74, 6) is 4.06. The van der Waals surface area contributed by atoms with E-state index < -0.39 is 0 Å². The van der Waals surface area contributed by atoms with Crippen molar-refractivity contribution in [2.75, 3.05) is 0 Å². The second-order valence-electron chi connectivity index (χ2n) is 6.31. The highest BCUT2D eigenvalue weighted by Crippen LogP contribution is 2.49. The summed E-state index contributed by atoms with van der Waals surface area (Å²) in [6.07, 6.45) is 5.65. The molecule has 0 amide bonds. The topological polar surface area (TPSA) is 17.8 Å². The average molecular weight is 309 g/mol. The van der Waals surface area contributed by atoms with Gasteiger partial charge in [-0.1, -0.05) is 24.1 Å². The molecule has 3 unspecified atom stereocenters. The van der Waals surface area contributed by atoms with Crippen LogP contribution in [0.3, 0.4) is 0 Å². The van der Waals surface area contributed by atoms with Gasteiger partial charge in [0, 0.05) is 6.54 Å². The van der Waals surface area contributed by atoms with Crippen LogP contribution in [0.15, 0.2) is 18.2 Å². The first-order valence-corrected chi connectivity index (χ1v) is 8.37. The van der Waals surface area contributed by atoms with Crippen molar-refractivity contribution in [3.63, 3.8) is 0 Å². The minimum Gasteiger partial charge on any atom is -0.325 e. The number of fused-ring (bicyclic) bond motifs is 3. The van der Waals surface area contributed by atoms with E-state index in [9.17, 15) is 0 Å². The summed E-state index contributed by atoms with van der Waals surface area (Å²) in [4.78, 5) is 4.64. The van der Waals surface area contributed by atoms with Crippen molar-refractivity contribution in [2.45, 2.75) is 38.1 Å². The number of hydrogen-bond acceptors (Lipinski definition) is 1. The number of hydrogen-bond donors (Lipinski definition) is 0. The summed E-state index contributed by atoms with van der Waals surface area (Å²) in [5.41, 5.74) is 2.03. The van der Waals surface area contributed by atoms with Crippen LogP contribution in [-0.4, -0.2) is 9.55 Å². The van der Waals surface area contributed by atoms with Gasteiger partial charge in [-0.2, -0.15) is 0 Å². The fraction of sp³-hybridized carbons (Fsp3) is 0.562. The van der Waals surface area contributed by atoms with Gasteiger partial charge >= 0.3 is 0 Å². The van der Waals surface area contributed by atoms with Gasteiger partial charge in [-0.25, -0.2) is 4.98 Å². The number of halogens is 2. The maximum absolute atomic E-state index is 6.39. The van der Waals surface area contributed by atoms with Crippen molar-refractivity contribution in [3.05, 3.63) is 29.0 Å². The van der Waals surface area contributed by atoms with Gasteiger partial charge in [-0.05, 0) is 49.1 Å². The van der Waals surface area contributed by atoms with E-state index in [1.54, 1.807) is 0 Å². The van der Waals surface area contributed by atoms with Crippen LogP contribution in [0.2, 0.25) is 5.02 Å². The van der Waals surface area contributed by atoms with E-state index in [4.69, 9.17) is 23.2 Å². The van der Waals surface area contributed by atoms with Gasteiger partial charge in [0.1, 0.15) is 5.82 Å². The molecule has 0 N–H and O–H groups in total. The van der Waals surface area contributed by atoms with E-state index in [2.05, 4.69) is 9.55 Å². The van der Waals surface area contributed by atoms with Crippen LogP contribution in [0, 0.1) is 17.8 Å². The second-order valence-corrected chi connectivity index (χ2v) is 6.99. The Morgan fingerprint density at radius 2 is 2.15 bits per heavy atom. The summed E-state index contributed by atoms with van der Waals surface area (Å²) in [5, 5.41) is 0.787. The highest BCUT2D eigenvalue weighted by Gasteiger charge is 2.39. The lowest BCUT2D eigenvalue weighted by Crippen LogP contribution is -2.18. The van der Waals surface area contributed by atoms with Crippen LogP contribution < -0.4 is 0 Å². The lowest BCUT2D eigenvalue weighted by molar-refractivity contribution is 0.296. The van der Waals surface area contributed by atoms with E-state index in [-0.39, 0.29) is 0 Å². The SMILES string of the molecule is ClCc1nc2cccc(Cl)c2n1CC1CC2CCC1C2. The van der Waals surface area contributed by atoms with Gasteiger partial charge in [0.25, 0.3) is 0 Å². The standard InChI is InChI=1S/C16H18Cl2N2/c17-8-15-19-14-3-1-2-13(18)16(14)20(15)9-12-7-10-4-5-11(12)6-10/h1-3,10-12H,4-9H2. The molecule has 2 bridgehead atoms. The molecule has 2 fully saturated rings. The normalized spacial score (nSPS) is 28.6. The Bertz CT molecular complexity index is 649. The molecule has 2 aliphatic carbocycles. The molecule has 4 heteroatoms. The van der Waals surface area contributed by atoms with E-state index in [0.29, 0.717) is 5.88 Å². The highest BCUT2D eigenvalue weighted by atomic mass is 35.5. The van der Waals surface area contributed by atoms with Crippen LogP contribution >= 0.6 is 23.2 Å². The fourth-order valence-electron chi connectivity index (χ4n) is 4.32. The molecule has 4 rings (SSSR count). The minimum absolute atomic E-state index is 0.450. The third kappa shape index (κ3) is 1.96. The largest absolute Gasteiger partial charge is 0.325 e. The van der Waals surface area contributed by atoms with Crippen molar-refractivity contribution in [1.29, 1.82) is 0 Å². The van der Waals surface area contributed by atoms with Gasteiger partial charge in [-0.15, -0.1) is 11.6 Å². The summed E-state index contributed by atoms with van der Waals surface area (Å²) in [6.45, 7) is 1.03. The molecule has 0 spiro atoms. The van der Waals surface area contributed by atoms with Crippen molar-refractivity contribution in [1.82, 2.24) is 9.55 Å². The fourth-order valence-corrected chi connectivity index (χ4v) is 4.80. The number of rotatable bonds is 3. The zero-order chi connectivity index (χ0) is 13.7. The molecule has 2 aliphatic rings. The summed E-state index contributed by atoms with van der Waals surface area (Å²) in [7, 11) is 0. The molecule has 3 atom stereocenters. The Balaban J connectivity index is 1.74. The van der Waals surface area contributed by atoms with Gasteiger partial charge in [0.15, 0.2) is 0 Å². The zero-order valence-electron chi connectivity index (χ0n) is 11.4. The quantitative estimate of drug-likeness (QED) is 0.740. The van der Waals surface area contributed by atoms with Gasteiger partial charge < -0.3 is 4.57 Å². The first-order valence-electron chi connectivity index (χ1n) is 7.46. The van der Waals surface area contributed by atoms with E-state index in [1.165, 1.54) is 25.7 Å². The van der Waals surface area contributed by atoms with Crippen molar-refractivity contribution >= 4 is 34.2 Å². The lowest BCUT2D eigenvalue weighted by atomic mass is 9.89. The van der Waals surface area contributed by atoms with Crippen molar-refractivity contribution in [3.8, 4) is 0 Å². The second kappa shape index (κ2) is 4.92. The first-order chi connectivity index (χ1) is 9.76. The molecule has 0 radical (unpaired) electrons. The Kier molecular flexibility index (Phi) is 3.19. The monoisotopic (exact) mass is 308 g/mol. The predicted molar refractivity (Wildman–Crippen MR) is 83.2 cm³/mol. The predicted octanol–water partition coefficient (Wildman–Crippen LogP) is 4.86. The summed E-state index contributed by atoms with van der Waals surface area (Å²) in [6, 6.07) is 5.92. The van der Waals surface area contributed by atoms with E-state index >= 15 is 0 Å². The highest BCUT2D eigenvalue weighted by molar-refractivity contribution is 6.35. The van der Waals surface area contributed by atoms with Crippen LogP contribution in [0.5, 0.6) is 0 Å². The maximum atomic E-state index is 6.39. The summed E-state index contributed by atoms with van der Waals surface area (Å²) < 4.78 is 2.27. The zero-order valence-corrected chi connectivity index (χ0v) is 12.9. The Labute approximate surface area is 129 Å². The van der Waals surface area contributed by atoms with Crippen LogP contribution in [0.1, 0.15) is 31.5 Å². The molecule has 2 saturated carbocycles. The Morgan fingerprint density at radius 3 is 2.85 bits per heavy atom. The average Bonchev–Trinajstić information content (AvgIpc) is 3.13. The first kappa shape index (κ1) is 13.0. The molecule has 0 saturated heterocycles. The third-order valence-electron chi connectivity index (χ3n) is 5.22. The number of alkyl halides is 1. The number of benzene rings is 1. The Morgan fingerprint density at radius 1 is 1.25 bits per heavy atom. The van der Waals surface area contributed by atoms with Gasteiger partial charge in [-0.3, -0.25) is 0 Å². The molecule has 1 aromatic heterocycles.